The van der Waals surface area contributed by atoms with Crippen LogP contribution in [0.3, 0.4) is 0 Å². The molecular formula is C22H19BrN2O3. The number of aromatic hydroxyl groups is 1. The number of nitrogens with one attached hydrogen (secondary N) is 2. The van der Waals surface area contributed by atoms with Gasteiger partial charge in [0.25, 0.3) is 0 Å². The molecule has 1 aliphatic rings. The summed E-state index contributed by atoms with van der Waals surface area (Å²) in [7, 11) is 0. The van der Waals surface area contributed by atoms with Crippen molar-refractivity contribution in [1.29, 1.82) is 0 Å². The first-order valence-electron chi connectivity index (χ1n) is 8.99. The summed E-state index contributed by atoms with van der Waals surface area (Å²) in [6.45, 7) is -0.211. The minimum atomic E-state index is -1.14. The van der Waals surface area contributed by atoms with Gasteiger partial charge in [0.15, 0.2) is 6.17 Å². The van der Waals surface area contributed by atoms with E-state index in [-0.39, 0.29) is 18.3 Å². The lowest BCUT2D eigenvalue weighted by Crippen LogP contribution is -3.15. The molecule has 0 radical (unpaired) electrons. The Morgan fingerprint density at radius 1 is 1.04 bits per heavy atom. The number of hydrogen-bond donors (Lipinski definition) is 3. The second-order valence-electron chi connectivity index (χ2n) is 6.84. The van der Waals surface area contributed by atoms with Gasteiger partial charge in [-0.2, -0.15) is 0 Å². The summed E-state index contributed by atoms with van der Waals surface area (Å²) in [6, 6.07) is 22.5. The van der Waals surface area contributed by atoms with E-state index in [1.54, 1.807) is 12.1 Å². The summed E-state index contributed by atoms with van der Waals surface area (Å²) in [5.41, 5.74) is 3.55. The number of carbonyl (C=O) groups excluding carboxylic acids is 1. The molecule has 3 N–H and O–H groups in total. The number of anilines is 1. The van der Waals surface area contributed by atoms with Gasteiger partial charge in [-0.3, -0.25) is 4.90 Å². The number of hydrogen-bond acceptors (Lipinski definition) is 4. The van der Waals surface area contributed by atoms with Crippen LogP contribution in [0.1, 0.15) is 28.9 Å². The van der Waals surface area contributed by atoms with Gasteiger partial charge in [0.2, 0.25) is 0 Å². The fourth-order valence-electron chi connectivity index (χ4n) is 3.94. The van der Waals surface area contributed by atoms with Crippen LogP contribution in [-0.2, 0) is 4.79 Å². The van der Waals surface area contributed by atoms with E-state index < -0.39 is 12.1 Å². The lowest BCUT2D eigenvalue weighted by Gasteiger charge is -2.41. The Balaban J connectivity index is 1.92. The molecule has 0 spiro atoms. The van der Waals surface area contributed by atoms with Crippen LogP contribution in [0.15, 0.2) is 77.3 Å². The summed E-state index contributed by atoms with van der Waals surface area (Å²) >= 11 is 3.53. The number of benzene rings is 3. The van der Waals surface area contributed by atoms with E-state index in [0.717, 1.165) is 26.2 Å². The number of aliphatic carboxylic acids is 1. The first-order valence-corrected chi connectivity index (χ1v) is 9.78. The van der Waals surface area contributed by atoms with Gasteiger partial charge in [-0.15, -0.1) is 0 Å². The van der Waals surface area contributed by atoms with Crippen LogP contribution in [0, 0.1) is 0 Å². The molecule has 0 saturated heterocycles. The van der Waals surface area contributed by atoms with E-state index in [2.05, 4.69) is 21.2 Å². The molecule has 1 unspecified atom stereocenters. The molecule has 0 aromatic heterocycles. The SMILES string of the molecule is O=C([O-])C[NH+]1[C@@H](c2ccccc2)c2cc(Br)ccc2N[C@@H]1c1ccccc1O. The predicted molar refractivity (Wildman–Crippen MR) is 108 cm³/mol. The number of para-hydroxylation sites is 1. The molecule has 0 saturated carbocycles. The third kappa shape index (κ3) is 3.48. The fraction of sp³-hybridized carbons (Fsp3) is 0.136. The zero-order valence-electron chi connectivity index (χ0n) is 14.9. The van der Waals surface area contributed by atoms with E-state index in [1.165, 1.54) is 0 Å². The smallest absolute Gasteiger partial charge is 0.192 e. The van der Waals surface area contributed by atoms with Crippen LogP contribution >= 0.6 is 15.9 Å². The Kier molecular flexibility index (Phi) is 5.07. The Labute approximate surface area is 171 Å². The van der Waals surface area contributed by atoms with Crippen LogP contribution in [0.4, 0.5) is 5.69 Å². The molecule has 0 bridgehead atoms. The third-order valence-electron chi connectivity index (χ3n) is 5.10. The third-order valence-corrected chi connectivity index (χ3v) is 5.59. The summed E-state index contributed by atoms with van der Waals surface area (Å²) in [6.07, 6.45) is -0.446. The standard InChI is InChI=1S/C22H19BrN2O3/c23-15-10-11-18-17(12-15)21(14-6-2-1-3-7-14)25(13-20(27)28)22(24-18)16-8-4-5-9-19(16)26/h1-12,21-22,24,26H,13H2,(H,27,28)/t21-,22-/m0/s1. The molecule has 142 valence electrons. The Morgan fingerprint density at radius 3 is 2.46 bits per heavy atom. The lowest BCUT2D eigenvalue weighted by molar-refractivity contribution is -0.949. The highest BCUT2D eigenvalue weighted by molar-refractivity contribution is 9.10. The van der Waals surface area contributed by atoms with E-state index in [9.17, 15) is 15.0 Å². The highest BCUT2D eigenvalue weighted by Crippen LogP contribution is 2.36. The van der Waals surface area contributed by atoms with Gasteiger partial charge < -0.3 is 20.3 Å². The normalized spacial score (nSPS) is 20.8. The number of quaternary nitrogens is 1. The molecule has 1 heterocycles. The highest BCUT2D eigenvalue weighted by Gasteiger charge is 2.40. The van der Waals surface area contributed by atoms with Gasteiger partial charge in [-0.1, -0.05) is 58.4 Å². The maximum absolute atomic E-state index is 11.7. The summed E-state index contributed by atoms with van der Waals surface area (Å²) < 4.78 is 0.919. The number of carboxylic acids is 1. The Morgan fingerprint density at radius 2 is 1.75 bits per heavy atom. The number of phenolic OH excluding ortho intramolecular Hbond substituents is 1. The lowest BCUT2D eigenvalue weighted by atomic mass is 9.91. The molecule has 5 nitrogen and oxygen atoms in total. The predicted octanol–water partition coefficient (Wildman–Crippen LogP) is 2.00. The molecule has 3 aromatic carbocycles. The molecule has 28 heavy (non-hydrogen) atoms. The molecule has 1 aliphatic heterocycles. The minimum absolute atomic E-state index is 0.128. The fourth-order valence-corrected chi connectivity index (χ4v) is 4.32. The van der Waals surface area contributed by atoms with Crippen molar-refractivity contribution in [3.63, 3.8) is 0 Å². The largest absolute Gasteiger partial charge is 0.544 e. The van der Waals surface area contributed by atoms with Crippen molar-refractivity contribution in [3.05, 3.63) is 94.0 Å². The molecule has 6 heteroatoms. The van der Waals surface area contributed by atoms with E-state index in [4.69, 9.17) is 0 Å². The second-order valence-corrected chi connectivity index (χ2v) is 7.75. The van der Waals surface area contributed by atoms with Crippen LogP contribution in [0.25, 0.3) is 0 Å². The molecule has 4 rings (SSSR count). The van der Waals surface area contributed by atoms with Gasteiger partial charge >= 0.3 is 0 Å². The van der Waals surface area contributed by atoms with Crippen LogP contribution in [0.2, 0.25) is 0 Å². The van der Waals surface area contributed by atoms with Crippen LogP contribution in [0.5, 0.6) is 5.75 Å². The van der Waals surface area contributed by atoms with Crippen molar-refractivity contribution in [2.24, 2.45) is 0 Å². The zero-order chi connectivity index (χ0) is 19.7. The number of fused-ring (bicyclic) bond motifs is 1. The summed E-state index contributed by atoms with van der Waals surface area (Å²) in [4.78, 5) is 12.4. The Hall–Kier alpha value is -2.83. The zero-order valence-corrected chi connectivity index (χ0v) is 16.5. The van der Waals surface area contributed by atoms with Crippen molar-refractivity contribution < 1.29 is 19.9 Å². The van der Waals surface area contributed by atoms with Crippen molar-refractivity contribution >= 4 is 27.6 Å². The van der Waals surface area contributed by atoms with Crippen molar-refractivity contribution in [2.45, 2.75) is 12.2 Å². The van der Waals surface area contributed by atoms with E-state index in [0.29, 0.717) is 5.56 Å². The van der Waals surface area contributed by atoms with Crippen molar-refractivity contribution in [1.82, 2.24) is 0 Å². The highest BCUT2D eigenvalue weighted by atomic mass is 79.9. The number of rotatable bonds is 4. The van der Waals surface area contributed by atoms with Crippen molar-refractivity contribution in [2.75, 3.05) is 11.9 Å². The van der Waals surface area contributed by atoms with Crippen LogP contribution < -0.4 is 15.3 Å². The number of phenols is 1. The maximum atomic E-state index is 11.7. The molecule has 3 aromatic rings. The van der Waals surface area contributed by atoms with Gasteiger partial charge in [0.1, 0.15) is 18.3 Å². The number of carbonyl (C=O) groups is 1. The topological polar surface area (TPSA) is 76.8 Å². The van der Waals surface area contributed by atoms with Gasteiger partial charge in [0, 0.05) is 21.3 Å². The van der Waals surface area contributed by atoms with Gasteiger partial charge in [-0.05, 0) is 30.3 Å². The van der Waals surface area contributed by atoms with E-state index in [1.807, 2.05) is 60.7 Å². The average Bonchev–Trinajstić information content (AvgIpc) is 2.68. The minimum Gasteiger partial charge on any atom is -0.544 e. The average molecular weight is 439 g/mol. The Bertz CT molecular complexity index is 1010. The molecule has 3 atom stereocenters. The first kappa shape index (κ1) is 18.5. The number of carboxylic acid groups (broad SMARTS) is 1. The van der Waals surface area contributed by atoms with Crippen LogP contribution in [-0.4, -0.2) is 17.6 Å². The van der Waals surface area contributed by atoms with Gasteiger partial charge in [-0.25, -0.2) is 0 Å². The van der Waals surface area contributed by atoms with Gasteiger partial charge in [0.05, 0.1) is 11.5 Å². The molecule has 0 aliphatic carbocycles. The summed E-state index contributed by atoms with van der Waals surface area (Å²) in [5, 5.41) is 25.5. The molecule has 0 fully saturated rings. The molecule has 0 amide bonds. The first-order chi connectivity index (χ1) is 13.5. The van der Waals surface area contributed by atoms with Crippen molar-refractivity contribution in [3.8, 4) is 5.75 Å². The maximum Gasteiger partial charge on any atom is 0.192 e. The summed E-state index contributed by atoms with van der Waals surface area (Å²) in [5.74, 6) is -1.01. The molecular weight excluding hydrogens is 420 g/mol. The quantitative estimate of drug-likeness (QED) is 0.582. The van der Waals surface area contributed by atoms with E-state index >= 15 is 0 Å². The monoisotopic (exact) mass is 438 g/mol. The second kappa shape index (κ2) is 7.66. The number of halogens is 1.